The zero-order valence-corrected chi connectivity index (χ0v) is 37.4. The normalized spacial score (nSPS) is 18.7. The molecule has 6 heterocycles. The number of nitrogens with zero attached hydrogens (tertiary/aromatic N) is 7. The molecule has 3 fully saturated rings. The van der Waals surface area contributed by atoms with Crippen molar-refractivity contribution in [1.29, 1.82) is 0 Å². The fourth-order valence-corrected chi connectivity index (χ4v) is 10.6. The summed E-state index contributed by atoms with van der Waals surface area (Å²) in [6, 6.07) is 12.4. The van der Waals surface area contributed by atoms with Crippen molar-refractivity contribution >= 4 is 82.2 Å². The molecular weight excluding hydrogens is 862 g/mol. The number of ether oxygens (including phenoxy) is 1. The van der Waals surface area contributed by atoms with Crippen LogP contribution < -0.4 is 35.8 Å². The number of methoxy groups -OCH3 is 1. The molecule has 3 N–H and O–H groups in total. The highest BCUT2D eigenvalue weighted by atomic mass is 35.5. The summed E-state index contributed by atoms with van der Waals surface area (Å²) in [4.78, 5) is 65.8. The Balaban J connectivity index is 0.902. The number of hydrogen-bond acceptors (Lipinski definition) is 13. The van der Waals surface area contributed by atoms with Crippen LogP contribution in [0.1, 0.15) is 59.2 Å². The van der Waals surface area contributed by atoms with Crippen LogP contribution in [-0.2, 0) is 21.2 Å². The second kappa shape index (κ2) is 16.7. The molecule has 5 aromatic rings. The Morgan fingerprint density at radius 3 is 2.27 bits per heavy atom. The number of piperidine rings is 3. The van der Waals surface area contributed by atoms with E-state index in [1.807, 2.05) is 37.6 Å². The Kier molecular flexibility index (Phi) is 11.2. The number of anilines is 6. The number of aromatic nitrogens is 4. The highest BCUT2D eigenvalue weighted by molar-refractivity contribution is 7.70. The maximum Gasteiger partial charge on any atom is 0.262 e. The molecule has 1 atom stereocenters. The van der Waals surface area contributed by atoms with Crippen molar-refractivity contribution in [2.24, 2.45) is 12.5 Å². The van der Waals surface area contributed by atoms with E-state index >= 15 is 0 Å². The summed E-state index contributed by atoms with van der Waals surface area (Å²) in [7, 11) is 0.612. The average molecular weight is 909 g/mol. The van der Waals surface area contributed by atoms with E-state index in [9.17, 15) is 28.1 Å². The van der Waals surface area contributed by atoms with E-state index in [4.69, 9.17) is 16.3 Å². The van der Waals surface area contributed by atoms with E-state index in [0.29, 0.717) is 22.4 Å². The van der Waals surface area contributed by atoms with Crippen molar-refractivity contribution < 1.29 is 32.9 Å². The second-order valence-electron chi connectivity index (χ2n) is 17.3. The predicted molar refractivity (Wildman–Crippen MR) is 243 cm³/mol. The third kappa shape index (κ3) is 8.18. The summed E-state index contributed by atoms with van der Waals surface area (Å²) in [5, 5.41) is 13.7. The first-order chi connectivity index (χ1) is 30.6. The lowest BCUT2D eigenvalue weighted by molar-refractivity contribution is -0.136. The minimum absolute atomic E-state index is 0.0712. The number of fused-ring (bicyclic) bond motifs is 1. The van der Waals surface area contributed by atoms with Gasteiger partial charge in [-0.15, -0.1) is 0 Å². The number of rotatable bonds is 10. The molecule has 4 aliphatic heterocycles. The topological polar surface area (TPSA) is 184 Å². The van der Waals surface area contributed by atoms with Crippen LogP contribution in [0.15, 0.2) is 67.1 Å². The number of halogens is 2. The molecule has 332 valence electrons. The predicted octanol–water partition coefficient (Wildman–Crippen LogP) is 6.70. The zero-order chi connectivity index (χ0) is 45.1. The van der Waals surface area contributed by atoms with Crippen molar-refractivity contribution in [2.45, 2.75) is 44.6 Å². The van der Waals surface area contributed by atoms with E-state index in [0.717, 1.165) is 79.3 Å². The lowest BCUT2D eigenvalue weighted by atomic mass is 9.71. The molecule has 0 saturated carbocycles. The van der Waals surface area contributed by atoms with Gasteiger partial charge in [0.25, 0.3) is 11.8 Å². The largest absolute Gasteiger partial charge is 0.494 e. The molecule has 9 rings (SSSR count). The number of amides is 4. The van der Waals surface area contributed by atoms with Gasteiger partial charge in [-0.05, 0) is 93.3 Å². The van der Waals surface area contributed by atoms with Crippen molar-refractivity contribution in [2.75, 3.05) is 67.1 Å². The SMILES string of the molecule is COc1cc(N2CCC3(CCN(c4ccc5c(c4)C(=O)N(C4CCC(=O)NC4=O)C5=O)CC3)CC2)c(-c2cnn(C)c2)cc1Nc1ncc(Cl)c(Nc2ccc(F)cc2P(C)(C)=O)n1. The smallest absolute Gasteiger partial charge is 0.262 e. The number of benzene rings is 3. The molecule has 16 nitrogen and oxygen atoms in total. The van der Waals surface area contributed by atoms with E-state index in [1.54, 1.807) is 37.3 Å². The van der Waals surface area contributed by atoms with Gasteiger partial charge in [-0.1, -0.05) is 11.6 Å². The highest BCUT2D eigenvalue weighted by Crippen LogP contribution is 2.47. The third-order valence-corrected chi connectivity index (χ3v) is 14.7. The van der Waals surface area contributed by atoms with Crippen LogP contribution in [0, 0.1) is 11.2 Å². The molecule has 0 aliphatic carbocycles. The number of carbonyl (C=O) groups is 4. The maximum absolute atomic E-state index is 14.2. The van der Waals surface area contributed by atoms with Crippen LogP contribution in [0.4, 0.5) is 38.9 Å². The number of carbonyl (C=O) groups excluding carboxylic acids is 4. The van der Waals surface area contributed by atoms with Crippen molar-refractivity contribution in [1.82, 2.24) is 30.0 Å². The molecule has 4 aliphatic rings. The Bertz CT molecular complexity index is 2780. The third-order valence-electron chi connectivity index (χ3n) is 12.9. The van der Waals surface area contributed by atoms with Gasteiger partial charge in [0, 0.05) is 79.7 Å². The molecule has 3 aromatic carbocycles. The first-order valence-electron chi connectivity index (χ1n) is 21.1. The molecule has 3 saturated heterocycles. The van der Waals surface area contributed by atoms with Gasteiger partial charge >= 0.3 is 0 Å². The summed E-state index contributed by atoms with van der Waals surface area (Å²) in [6.45, 7) is 6.36. The Morgan fingerprint density at radius 1 is 0.875 bits per heavy atom. The van der Waals surface area contributed by atoms with Crippen LogP contribution in [0.2, 0.25) is 5.02 Å². The summed E-state index contributed by atoms with van der Waals surface area (Å²) < 4.78 is 34.9. The first-order valence-corrected chi connectivity index (χ1v) is 24.1. The Labute approximate surface area is 373 Å². The van der Waals surface area contributed by atoms with Gasteiger partial charge in [0.05, 0.1) is 42.0 Å². The molecule has 0 radical (unpaired) electrons. The Hall–Kier alpha value is -6.32. The number of aryl methyl sites for hydroxylation is 1. The van der Waals surface area contributed by atoms with Crippen LogP contribution in [-0.4, -0.2) is 101 Å². The number of imide groups is 2. The van der Waals surface area contributed by atoms with Gasteiger partial charge in [0.15, 0.2) is 5.82 Å². The fourth-order valence-electron chi connectivity index (χ4n) is 9.32. The zero-order valence-electron chi connectivity index (χ0n) is 35.8. The summed E-state index contributed by atoms with van der Waals surface area (Å²) in [5.41, 5.74) is 5.44. The van der Waals surface area contributed by atoms with Crippen LogP contribution >= 0.6 is 18.7 Å². The van der Waals surface area contributed by atoms with Crippen molar-refractivity contribution in [3.05, 3.63) is 89.1 Å². The van der Waals surface area contributed by atoms with Gasteiger partial charge in [0.2, 0.25) is 17.8 Å². The van der Waals surface area contributed by atoms with Gasteiger partial charge in [-0.25, -0.2) is 9.37 Å². The molecular formula is C45H47ClFN10O6P. The average Bonchev–Trinajstić information content (AvgIpc) is 3.81. The van der Waals surface area contributed by atoms with Crippen molar-refractivity contribution in [3.63, 3.8) is 0 Å². The Morgan fingerprint density at radius 2 is 1.59 bits per heavy atom. The molecule has 64 heavy (non-hydrogen) atoms. The standard InChI is InChI=1S/C45H47ClFN10O6P/c1-54-25-26(23-49-54)30-21-34(51-44-48-24-32(46)40(53-44)50-33-8-5-27(47)19-38(33)64(3,4)62)37(63-2)22-36(30)56-17-13-45(14-18-56)11-15-55(16-12-45)28-6-7-29-31(20-28)43(61)57(42(29)60)35-9-10-39(58)52-41(35)59/h5-8,19-25,35H,9-18H2,1-4H3,(H,52,58,59)(H2,48,50,51,53). The number of hydrogen-bond donors (Lipinski definition) is 3. The minimum Gasteiger partial charge on any atom is -0.494 e. The first kappa shape index (κ1) is 43.0. The lowest BCUT2D eigenvalue weighted by Gasteiger charge is -2.48. The van der Waals surface area contributed by atoms with Crippen LogP contribution in [0.3, 0.4) is 0 Å². The van der Waals surface area contributed by atoms with E-state index in [1.165, 1.54) is 24.4 Å². The fraction of sp³-hybridized carbons (Fsp3) is 0.356. The summed E-state index contributed by atoms with van der Waals surface area (Å²) >= 11 is 6.53. The summed E-state index contributed by atoms with van der Waals surface area (Å²) in [5.74, 6) is -1.52. The van der Waals surface area contributed by atoms with Gasteiger partial charge in [-0.2, -0.15) is 10.1 Å². The van der Waals surface area contributed by atoms with Crippen molar-refractivity contribution in [3.8, 4) is 16.9 Å². The quantitative estimate of drug-likeness (QED) is 0.0995. The monoisotopic (exact) mass is 908 g/mol. The molecule has 19 heteroatoms. The molecule has 1 spiro atoms. The van der Waals surface area contributed by atoms with Crippen LogP contribution in [0.5, 0.6) is 5.75 Å². The van der Waals surface area contributed by atoms with E-state index in [2.05, 4.69) is 40.8 Å². The van der Waals surface area contributed by atoms with E-state index in [-0.39, 0.29) is 46.2 Å². The second-order valence-corrected chi connectivity index (χ2v) is 20.9. The lowest BCUT2D eigenvalue weighted by Crippen LogP contribution is -2.54. The maximum atomic E-state index is 14.2. The van der Waals surface area contributed by atoms with E-state index < -0.39 is 42.6 Å². The minimum atomic E-state index is -2.87. The molecule has 0 bridgehead atoms. The van der Waals surface area contributed by atoms with Crippen LogP contribution in [0.25, 0.3) is 11.1 Å². The molecule has 1 unspecified atom stereocenters. The highest BCUT2D eigenvalue weighted by Gasteiger charge is 2.45. The summed E-state index contributed by atoms with van der Waals surface area (Å²) in [6.07, 6.45) is 9.30. The molecule has 4 amide bonds. The number of nitrogens with one attached hydrogen (secondary N) is 3. The molecule has 2 aromatic heterocycles. The van der Waals surface area contributed by atoms with Gasteiger partial charge in [-0.3, -0.25) is 34.1 Å². The van der Waals surface area contributed by atoms with Gasteiger partial charge < -0.3 is 29.7 Å². The van der Waals surface area contributed by atoms with Gasteiger partial charge in [0.1, 0.15) is 29.8 Å².